The van der Waals surface area contributed by atoms with Gasteiger partial charge in [0.2, 0.25) is 0 Å². The van der Waals surface area contributed by atoms with Crippen LogP contribution in [0.15, 0.2) is 70.1 Å². The van der Waals surface area contributed by atoms with Crippen LogP contribution in [0.25, 0.3) is 34.2 Å². The van der Waals surface area contributed by atoms with E-state index in [0.717, 1.165) is 11.1 Å². The summed E-state index contributed by atoms with van der Waals surface area (Å²) in [5.41, 5.74) is 7.14. The third kappa shape index (κ3) is 4.49. The zero-order valence-corrected chi connectivity index (χ0v) is 19.8. The monoisotopic (exact) mass is 591 g/mol. The number of nitrogens with zero attached hydrogens (tertiary/aromatic N) is 4. The van der Waals surface area contributed by atoms with Crippen molar-refractivity contribution in [3.8, 4) is 11.4 Å². The Morgan fingerprint density at radius 1 is 0.645 bits per heavy atom. The van der Waals surface area contributed by atoms with Crippen LogP contribution in [-0.2, 0) is 30.7 Å². The molecule has 0 radical (unpaired) electrons. The number of hydrogen-bond donors (Lipinski definition) is 0. The van der Waals surface area contributed by atoms with E-state index in [2.05, 4.69) is 20.6 Å². The minimum atomic E-state index is -0.201. The Balaban J connectivity index is 0.00000272. The molecule has 6 nitrogen and oxygen atoms in total. The van der Waals surface area contributed by atoms with Gasteiger partial charge in [-0.1, -0.05) is 35.4 Å². The van der Waals surface area contributed by atoms with Crippen molar-refractivity contribution in [1.82, 2.24) is 9.97 Å². The molecule has 2 amide bonds. The Labute approximate surface area is 195 Å². The van der Waals surface area contributed by atoms with Crippen LogP contribution in [0.4, 0.5) is 0 Å². The van der Waals surface area contributed by atoms with E-state index in [1.165, 1.54) is 0 Å². The average molecular weight is 592 g/mol. The van der Waals surface area contributed by atoms with Gasteiger partial charge in [0, 0.05) is 0 Å². The van der Waals surface area contributed by atoms with Gasteiger partial charge in [-0.2, -0.15) is 0 Å². The van der Waals surface area contributed by atoms with Gasteiger partial charge in [0.05, 0.1) is 34.6 Å². The fraction of sp³-hybridized carbons (Fsp3) is 0.167. The Kier molecular flexibility index (Phi) is 6.51. The first-order valence-electron chi connectivity index (χ1n) is 9.59. The maximum Gasteiger partial charge on any atom is 2.00 e. The van der Waals surface area contributed by atoms with E-state index in [1.54, 1.807) is 26.0 Å². The zero-order valence-electron chi connectivity index (χ0n) is 17.5. The van der Waals surface area contributed by atoms with Crippen molar-refractivity contribution >= 4 is 24.0 Å². The predicted octanol–water partition coefficient (Wildman–Crippen LogP) is 5.32. The van der Waals surface area contributed by atoms with E-state index in [0.29, 0.717) is 45.3 Å². The summed E-state index contributed by atoms with van der Waals surface area (Å²) < 4.78 is 0. The van der Waals surface area contributed by atoms with E-state index in [1.807, 2.05) is 50.2 Å². The molecule has 158 valence electrons. The molecule has 0 saturated carbocycles. The second-order valence-corrected chi connectivity index (χ2v) is 7.29. The zero-order chi connectivity index (χ0) is 21.4. The van der Waals surface area contributed by atoms with Gasteiger partial charge >= 0.3 is 21.1 Å². The van der Waals surface area contributed by atoms with Gasteiger partial charge in [0.15, 0.2) is 0 Å². The fourth-order valence-electron chi connectivity index (χ4n) is 3.17. The quantitative estimate of drug-likeness (QED) is 0.483. The molecule has 4 heterocycles. The molecule has 2 aromatic heterocycles. The summed E-state index contributed by atoms with van der Waals surface area (Å²) in [6.45, 7) is 7.32. The predicted molar refractivity (Wildman–Crippen MR) is 117 cm³/mol. The first-order chi connectivity index (χ1) is 14.3. The first kappa shape index (κ1) is 22.6. The SMILES string of the molecule is CC1=C(C)/C(=C/c2cccc(-c3cccc(/C=C4\[N-]C(=O)C(C)=C4C)n3)n2)[N-]C1=O.[Pt+2]. The van der Waals surface area contributed by atoms with E-state index in [-0.39, 0.29) is 32.9 Å². The standard InChI is InChI=1S/C24H22N4O2.Pt/c1-13-15(3)23(29)27-21(13)11-17-7-5-9-19(25-17)20-10-6-8-18(26-20)12-22-14(2)16(4)24(30)28-22;/h5-12H,1-4H3,(H2,25,26,27,28,29,30);/q;+2/p-2. The molecule has 0 unspecified atom stereocenters. The van der Waals surface area contributed by atoms with Crippen LogP contribution in [0.5, 0.6) is 0 Å². The first-order valence-corrected chi connectivity index (χ1v) is 9.59. The topological polar surface area (TPSA) is 88.1 Å². The molecule has 0 aromatic carbocycles. The minimum absolute atomic E-state index is 0. The molecule has 31 heavy (non-hydrogen) atoms. The van der Waals surface area contributed by atoms with Crippen LogP contribution in [0.2, 0.25) is 0 Å². The van der Waals surface area contributed by atoms with Gasteiger partial charge in [-0.25, -0.2) is 9.97 Å². The Morgan fingerprint density at radius 3 is 1.35 bits per heavy atom. The summed E-state index contributed by atoms with van der Waals surface area (Å²) in [6, 6.07) is 11.3. The van der Waals surface area contributed by atoms with Gasteiger partial charge in [-0.05, 0) is 63.1 Å². The number of hydrogen-bond acceptors (Lipinski definition) is 4. The Morgan fingerprint density at radius 2 is 1.03 bits per heavy atom. The third-order valence-electron chi connectivity index (χ3n) is 5.35. The molecule has 0 saturated heterocycles. The van der Waals surface area contributed by atoms with Gasteiger partial charge in [-0.3, -0.25) is 0 Å². The summed E-state index contributed by atoms with van der Waals surface area (Å²) in [4.78, 5) is 32.9. The second kappa shape index (κ2) is 8.94. The van der Waals surface area contributed by atoms with E-state index < -0.39 is 0 Å². The Hall–Kier alpha value is -3.11. The second-order valence-electron chi connectivity index (χ2n) is 7.29. The van der Waals surface area contributed by atoms with E-state index in [4.69, 9.17) is 0 Å². The molecule has 0 N–H and O–H groups in total. The van der Waals surface area contributed by atoms with E-state index >= 15 is 0 Å². The summed E-state index contributed by atoms with van der Waals surface area (Å²) in [5.74, 6) is -0.402. The van der Waals surface area contributed by atoms with Gasteiger partial charge in [0.25, 0.3) is 0 Å². The van der Waals surface area contributed by atoms with Gasteiger partial charge in [0.1, 0.15) is 0 Å². The molecule has 2 aromatic rings. The molecule has 0 bridgehead atoms. The van der Waals surface area contributed by atoms with Crippen LogP contribution >= 0.6 is 0 Å². The molecule has 0 spiro atoms. The van der Waals surface area contributed by atoms with E-state index in [9.17, 15) is 9.59 Å². The minimum Gasteiger partial charge on any atom is -0.623 e. The molecule has 2 aliphatic heterocycles. The summed E-state index contributed by atoms with van der Waals surface area (Å²) in [6.07, 6.45) is 3.61. The van der Waals surface area contributed by atoms with Crippen molar-refractivity contribution in [1.29, 1.82) is 0 Å². The van der Waals surface area contributed by atoms with Crippen molar-refractivity contribution in [3.05, 3.63) is 92.1 Å². The van der Waals surface area contributed by atoms with Crippen LogP contribution in [0.3, 0.4) is 0 Å². The number of amides is 2. The number of allylic oxidation sites excluding steroid dienone is 2. The fourth-order valence-corrected chi connectivity index (χ4v) is 3.17. The normalized spacial score (nSPS) is 18.6. The Bertz CT molecular complexity index is 1130. The molecule has 0 atom stereocenters. The number of carbonyl (C=O) groups excluding carboxylic acids is 2. The third-order valence-corrected chi connectivity index (χ3v) is 5.35. The molecule has 0 aliphatic carbocycles. The summed E-state index contributed by atoms with van der Waals surface area (Å²) in [5, 5.41) is 8.16. The van der Waals surface area contributed by atoms with Gasteiger partial charge in [-0.15, -0.1) is 11.4 Å². The molecule has 7 heteroatoms. The molecular weight excluding hydrogens is 571 g/mol. The maximum atomic E-state index is 11.8. The number of pyridine rings is 2. The number of aromatic nitrogens is 2. The van der Waals surface area contributed by atoms with Crippen LogP contribution in [0, 0.1) is 0 Å². The molecule has 2 aliphatic rings. The van der Waals surface area contributed by atoms with Crippen LogP contribution in [-0.4, -0.2) is 21.8 Å². The number of rotatable bonds is 3. The van der Waals surface area contributed by atoms with Crippen molar-refractivity contribution < 1.29 is 30.7 Å². The molecular formula is C24H20N4O2Pt. The molecule has 4 rings (SSSR count). The van der Waals surface area contributed by atoms with Crippen molar-refractivity contribution in [2.75, 3.05) is 0 Å². The van der Waals surface area contributed by atoms with Crippen LogP contribution < -0.4 is 0 Å². The largest absolute Gasteiger partial charge is 2.00 e. The van der Waals surface area contributed by atoms with Gasteiger partial charge < -0.3 is 20.2 Å². The summed E-state index contributed by atoms with van der Waals surface area (Å²) >= 11 is 0. The number of carbonyl (C=O) groups is 2. The van der Waals surface area contributed by atoms with Crippen molar-refractivity contribution in [2.45, 2.75) is 27.7 Å². The maximum absolute atomic E-state index is 11.8. The molecule has 0 fully saturated rings. The van der Waals surface area contributed by atoms with Crippen molar-refractivity contribution in [2.24, 2.45) is 0 Å². The van der Waals surface area contributed by atoms with Crippen molar-refractivity contribution in [3.63, 3.8) is 0 Å². The average Bonchev–Trinajstić information content (AvgIpc) is 3.12. The summed E-state index contributed by atoms with van der Waals surface area (Å²) in [7, 11) is 0. The smallest absolute Gasteiger partial charge is 0.623 e. The van der Waals surface area contributed by atoms with Crippen LogP contribution in [0.1, 0.15) is 39.1 Å².